The van der Waals surface area contributed by atoms with E-state index in [1.54, 1.807) is 36.4 Å². The summed E-state index contributed by atoms with van der Waals surface area (Å²) in [6.45, 7) is 3.31. The number of carbonyl (C=O) groups is 2. The van der Waals surface area contributed by atoms with E-state index in [2.05, 4.69) is 5.32 Å². The van der Waals surface area contributed by atoms with E-state index in [-0.39, 0.29) is 36.4 Å². The van der Waals surface area contributed by atoms with Crippen molar-refractivity contribution in [1.29, 1.82) is 0 Å². The molecule has 0 aliphatic rings. The van der Waals surface area contributed by atoms with Crippen LogP contribution in [0.25, 0.3) is 0 Å². The number of amides is 2. The second-order valence-electron chi connectivity index (χ2n) is 9.98. The summed E-state index contributed by atoms with van der Waals surface area (Å²) >= 11 is 6.26. The van der Waals surface area contributed by atoms with Crippen molar-refractivity contribution in [2.45, 2.75) is 45.3 Å². The first-order valence-electron chi connectivity index (χ1n) is 13.5. The number of nitrogens with one attached hydrogen (secondary N) is 1. The number of hydrogen-bond donors (Lipinski definition) is 1. The zero-order valence-corrected chi connectivity index (χ0v) is 26.1. The predicted octanol–water partition coefficient (Wildman–Crippen LogP) is 4.68. The van der Waals surface area contributed by atoms with Gasteiger partial charge in [0.05, 0.1) is 26.2 Å². The van der Waals surface area contributed by atoms with E-state index in [0.717, 1.165) is 16.1 Å². The number of carbonyl (C=O) groups excluding carboxylic acids is 2. The smallest absolute Gasteiger partial charge is 0.244 e. The van der Waals surface area contributed by atoms with Crippen LogP contribution in [0.3, 0.4) is 0 Å². The molecule has 0 aromatic heterocycles. The summed E-state index contributed by atoms with van der Waals surface area (Å²) in [6, 6.07) is 20.0. The van der Waals surface area contributed by atoms with E-state index in [9.17, 15) is 18.0 Å². The van der Waals surface area contributed by atoms with E-state index in [1.165, 1.54) is 25.2 Å². The lowest BCUT2D eigenvalue weighted by molar-refractivity contribution is -0.140. The highest BCUT2D eigenvalue weighted by Gasteiger charge is 2.34. The molecule has 0 bridgehead atoms. The predicted molar refractivity (Wildman–Crippen MR) is 166 cm³/mol. The van der Waals surface area contributed by atoms with Gasteiger partial charge in [0.2, 0.25) is 21.8 Å². The molecule has 3 aromatic rings. The van der Waals surface area contributed by atoms with Gasteiger partial charge in [-0.05, 0) is 48.7 Å². The Hall–Kier alpha value is -3.76. The maximum atomic E-state index is 14.2. The third kappa shape index (κ3) is 8.87. The molecule has 1 N–H and O–H groups in total. The van der Waals surface area contributed by atoms with E-state index >= 15 is 0 Å². The number of ether oxygens (including phenoxy) is 2. The lowest BCUT2D eigenvalue weighted by Crippen LogP contribution is -2.54. The minimum Gasteiger partial charge on any atom is -0.497 e. The first-order valence-corrected chi connectivity index (χ1v) is 15.8. The highest BCUT2D eigenvalue weighted by Crippen LogP contribution is 2.34. The molecule has 226 valence electrons. The zero-order chi connectivity index (χ0) is 30.9. The van der Waals surface area contributed by atoms with Crippen LogP contribution in [0.1, 0.15) is 31.4 Å². The Kier molecular flexibility index (Phi) is 11.6. The van der Waals surface area contributed by atoms with Gasteiger partial charge in [-0.25, -0.2) is 8.42 Å². The van der Waals surface area contributed by atoms with Crippen molar-refractivity contribution in [3.05, 3.63) is 88.9 Å². The molecule has 0 aliphatic heterocycles. The van der Waals surface area contributed by atoms with Gasteiger partial charge in [0.1, 0.15) is 24.1 Å². The molecule has 0 heterocycles. The summed E-state index contributed by atoms with van der Waals surface area (Å²) in [6.07, 6.45) is 1.94. The number of halogens is 1. The van der Waals surface area contributed by atoms with Gasteiger partial charge in [-0.3, -0.25) is 13.9 Å². The first kappa shape index (κ1) is 32.8. The zero-order valence-electron chi connectivity index (χ0n) is 24.5. The van der Waals surface area contributed by atoms with E-state index < -0.39 is 28.5 Å². The third-order valence-corrected chi connectivity index (χ3v) is 8.21. The molecule has 0 saturated heterocycles. The SMILES string of the molecule is CC[C@H](C)NC(=O)[C@H](Cc1ccccc1)N(Cc1cccc(Cl)c1)C(=O)CN(c1ccc(OC)cc1OC)S(C)(=O)=O. The average molecular weight is 616 g/mol. The number of benzene rings is 3. The van der Waals surface area contributed by atoms with Crippen LogP contribution in [0.5, 0.6) is 11.5 Å². The monoisotopic (exact) mass is 615 g/mol. The van der Waals surface area contributed by atoms with Crippen LogP contribution in [0.15, 0.2) is 72.8 Å². The summed E-state index contributed by atoms with van der Waals surface area (Å²) < 4.78 is 37.8. The number of nitrogens with zero attached hydrogens (tertiary/aromatic N) is 2. The van der Waals surface area contributed by atoms with Crippen molar-refractivity contribution in [3.63, 3.8) is 0 Å². The van der Waals surface area contributed by atoms with Gasteiger partial charge in [0.25, 0.3) is 0 Å². The Morgan fingerprint density at radius 3 is 2.24 bits per heavy atom. The minimum absolute atomic E-state index is 0.0299. The van der Waals surface area contributed by atoms with Crippen molar-refractivity contribution >= 4 is 39.1 Å². The van der Waals surface area contributed by atoms with Gasteiger partial charge in [-0.2, -0.15) is 0 Å². The molecule has 2 atom stereocenters. The summed E-state index contributed by atoms with van der Waals surface area (Å²) in [5, 5.41) is 3.48. The number of methoxy groups -OCH3 is 2. The molecule has 0 radical (unpaired) electrons. The van der Waals surface area contributed by atoms with Crippen LogP contribution in [0.4, 0.5) is 5.69 Å². The molecule has 3 rings (SSSR count). The second kappa shape index (κ2) is 14.9. The Labute approximate surface area is 253 Å². The van der Waals surface area contributed by atoms with Crippen molar-refractivity contribution < 1.29 is 27.5 Å². The third-order valence-electron chi connectivity index (χ3n) is 6.85. The lowest BCUT2D eigenvalue weighted by Gasteiger charge is -2.34. The van der Waals surface area contributed by atoms with Gasteiger partial charge in [-0.1, -0.05) is 61.0 Å². The fourth-order valence-electron chi connectivity index (χ4n) is 4.41. The molecule has 11 heteroatoms. The van der Waals surface area contributed by atoms with Gasteiger partial charge in [0, 0.05) is 30.1 Å². The van der Waals surface area contributed by atoms with Crippen LogP contribution >= 0.6 is 11.6 Å². The molecule has 0 spiro atoms. The molecular formula is C31H38ClN3O6S. The Morgan fingerprint density at radius 1 is 0.952 bits per heavy atom. The summed E-state index contributed by atoms with van der Waals surface area (Å²) in [5.74, 6) is -0.234. The van der Waals surface area contributed by atoms with Crippen LogP contribution in [-0.4, -0.2) is 64.2 Å². The van der Waals surface area contributed by atoms with Gasteiger partial charge in [0.15, 0.2) is 0 Å². The van der Waals surface area contributed by atoms with Gasteiger partial charge >= 0.3 is 0 Å². The fourth-order valence-corrected chi connectivity index (χ4v) is 5.48. The van der Waals surface area contributed by atoms with Crippen LogP contribution in [0.2, 0.25) is 5.02 Å². The maximum absolute atomic E-state index is 14.2. The molecule has 2 amide bonds. The molecule has 0 saturated carbocycles. The number of anilines is 1. The maximum Gasteiger partial charge on any atom is 0.244 e. The van der Waals surface area contributed by atoms with Crippen molar-refractivity contribution in [2.24, 2.45) is 0 Å². The summed E-state index contributed by atoms with van der Waals surface area (Å²) in [5.41, 5.74) is 1.71. The largest absolute Gasteiger partial charge is 0.497 e. The first-order chi connectivity index (χ1) is 20.0. The van der Waals surface area contributed by atoms with Crippen LogP contribution in [-0.2, 0) is 32.6 Å². The summed E-state index contributed by atoms with van der Waals surface area (Å²) in [7, 11) is -1.08. The fraction of sp³-hybridized carbons (Fsp3) is 0.355. The van der Waals surface area contributed by atoms with E-state index in [1.807, 2.05) is 44.2 Å². The summed E-state index contributed by atoms with van der Waals surface area (Å²) in [4.78, 5) is 29.4. The standard InChI is InChI=1S/C31H38ClN3O6S/c1-6-22(2)33-31(37)28(18-23-11-8-7-9-12-23)34(20-24-13-10-14-25(32)17-24)30(36)21-35(42(5,38)39)27-16-15-26(40-3)19-29(27)41-4/h7-17,19,22,28H,6,18,20-21H2,1-5H3,(H,33,37)/t22-,28-/m0/s1. The average Bonchev–Trinajstić information content (AvgIpc) is 2.97. The van der Waals surface area contributed by atoms with Gasteiger partial charge < -0.3 is 19.7 Å². The normalized spacial score (nSPS) is 12.6. The molecule has 9 nitrogen and oxygen atoms in total. The Morgan fingerprint density at radius 2 is 1.64 bits per heavy atom. The quantitative estimate of drug-likeness (QED) is 0.282. The molecule has 0 aliphatic carbocycles. The molecule has 0 fully saturated rings. The Bertz CT molecular complexity index is 1470. The molecule has 42 heavy (non-hydrogen) atoms. The van der Waals surface area contributed by atoms with Crippen LogP contribution in [0, 0.1) is 0 Å². The van der Waals surface area contributed by atoms with E-state index in [4.69, 9.17) is 21.1 Å². The van der Waals surface area contributed by atoms with Crippen molar-refractivity contribution in [2.75, 3.05) is 31.3 Å². The lowest BCUT2D eigenvalue weighted by atomic mass is 10.0. The van der Waals surface area contributed by atoms with Crippen molar-refractivity contribution in [3.8, 4) is 11.5 Å². The highest BCUT2D eigenvalue weighted by atomic mass is 35.5. The number of sulfonamides is 1. The number of hydrogen-bond acceptors (Lipinski definition) is 6. The van der Waals surface area contributed by atoms with Gasteiger partial charge in [-0.15, -0.1) is 0 Å². The Balaban J connectivity index is 2.10. The number of rotatable bonds is 14. The topological polar surface area (TPSA) is 105 Å². The minimum atomic E-state index is -3.96. The highest BCUT2D eigenvalue weighted by molar-refractivity contribution is 7.92. The van der Waals surface area contributed by atoms with Crippen LogP contribution < -0.4 is 19.1 Å². The van der Waals surface area contributed by atoms with Crippen molar-refractivity contribution in [1.82, 2.24) is 10.2 Å². The molecule has 0 unspecified atom stereocenters. The molecular weight excluding hydrogens is 578 g/mol. The second-order valence-corrected chi connectivity index (χ2v) is 12.3. The van der Waals surface area contributed by atoms with E-state index in [0.29, 0.717) is 22.8 Å². The molecule has 3 aromatic carbocycles.